The number of carbonyl (C=O) groups is 1. The van der Waals surface area contributed by atoms with Crippen molar-refractivity contribution in [3.05, 3.63) is 59.2 Å². The molecule has 0 saturated carbocycles. The smallest absolute Gasteiger partial charge is 0.417 e. The van der Waals surface area contributed by atoms with Crippen molar-refractivity contribution in [2.45, 2.75) is 12.6 Å². The molecule has 2 rings (SSSR count). The van der Waals surface area contributed by atoms with E-state index in [1.165, 1.54) is 6.07 Å². The van der Waals surface area contributed by atoms with E-state index in [9.17, 15) is 18.0 Å². The Kier molecular flexibility index (Phi) is 6.63. The summed E-state index contributed by atoms with van der Waals surface area (Å²) in [6.07, 6.45) is -3.94. The first-order valence-electron chi connectivity index (χ1n) is 8.33. The quantitative estimate of drug-likeness (QED) is 0.580. The van der Waals surface area contributed by atoms with Crippen LogP contribution in [0.1, 0.15) is 21.5 Å². The van der Waals surface area contributed by atoms with Gasteiger partial charge in [0.25, 0.3) is 5.91 Å². The van der Waals surface area contributed by atoms with Gasteiger partial charge in [-0.1, -0.05) is 12.1 Å². The van der Waals surface area contributed by atoms with E-state index in [4.69, 9.17) is 16.2 Å². The Morgan fingerprint density at radius 3 is 2.21 bits per heavy atom. The molecule has 0 saturated heterocycles. The van der Waals surface area contributed by atoms with Gasteiger partial charge in [0, 0.05) is 6.54 Å². The molecule has 2 aromatic rings. The van der Waals surface area contributed by atoms with Crippen molar-refractivity contribution in [2.75, 3.05) is 20.6 Å². The number of benzene rings is 2. The zero-order valence-electron chi connectivity index (χ0n) is 15.5. The van der Waals surface area contributed by atoms with Gasteiger partial charge in [0.2, 0.25) is 0 Å². The van der Waals surface area contributed by atoms with E-state index >= 15 is 0 Å². The molecule has 6 nitrogen and oxygen atoms in total. The van der Waals surface area contributed by atoms with E-state index in [-0.39, 0.29) is 5.75 Å². The van der Waals surface area contributed by atoms with E-state index < -0.39 is 29.2 Å². The minimum Gasteiger partial charge on any atom is -0.457 e. The number of hydrogen-bond acceptors (Lipinski definition) is 3. The predicted molar refractivity (Wildman–Crippen MR) is 100 cm³/mol. The Morgan fingerprint density at radius 1 is 1.07 bits per heavy atom. The molecule has 1 amide bonds. The van der Waals surface area contributed by atoms with Gasteiger partial charge in [-0.15, -0.1) is 0 Å². The van der Waals surface area contributed by atoms with Crippen molar-refractivity contribution in [1.29, 1.82) is 0 Å². The molecule has 0 heterocycles. The lowest BCUT2D eigenvalue weighted by atomic mass is 10.1. The molecule has 150 valence electrons. The van der Waals surface area contributed by atoms with Crippen molar-refractivity contribution in [3.8, 4) is 11.5 Å². The van der Waals surface area contributed by atoms with Crippen molar-refractivity contribution >= 4 is 11.9 Å². The molecule has 2 aromatic carbocycles. The van der Waals surface area contributed by atoms with E-state index in [1.807, 2.05) is 31.1 Å². The van der Waals surface area contributed by atoms with Crippen LogP contribution < -0.4 is 16.2 Å². The van der Waals surface area contributed by atoms with Crippen molar-refractivity contribution in [3.63, 3.8) is 0 Å². The standard InChI is InChI=1S/C19H21F3N4O2/c1-26(2)10-9-12-3-5-13(6-4-12)28-14-7-8-15(17(27)25-18(23)24)16(11-14)19(20,21)22/h3-8,11H,9-10H2,1-2H3,(H4,23,24,25,27). The number of rotatable bonds is 6. The van der Waals surface area contributed by atoms with Crippen LogP contribution in [0.3, 0.4) is 0 Å². The zero-order valence-corrected chi connectivity index (χ0v) is 15.5. The predicted octanol–water partition coefficient (Wildman–Crippen LogP) is 3.02. The molecule has 0 aliphatic carbocycles. The van der Waals surface area contributed by atoms with Crippen molar-refractivity contribution in [1.82, 2.24) is 4.90 Å². The molecule has 0 spiro atoms. The number of hydrogen-bond donors (Lipinski definition) is 2. The third-order valence-corrected chi connectivity index (χ3v) is 3.76. The number of alkyl halides is 3. The number of likely N-dealkylation sites (N-methyl/N-ethyl adjacent to an activating group) is 1. The van der Waals surface area contributed by atoms with Gasteiger partial charge in [-0.05, 0) is 56.4 Å². The molecule has 0 radical (unpaired) electrons. The maximum Gasteiger partial charge on any atom is 0.417 e. The Labute approximate surface area is 160 Å². The summed E-state index contributed by atoms with van der Waals surface area (Å²) in [5.41, 5.74) is 9.38. The number of halogens is 3. The van der Waals surface area contributed by atoms with Crippen LogP contribution >= 0.6 is 0 Å². The topological polar surface area (TPSA) is 93.9 Å². The lowest BCUT2D eigenvalue weighted by Gasteiger charge is -2.14. The number of nitrogens with zero attached hydrogens (tertiary/aromatic N) is 2. The Hall–Kier alpha value is -3.07. The van der Waals surface area contributed by atoms with E-state index in [0.717, 1.165) is 30.7 Å². The molecule has 0 bridgehead atoms. The van der Waals surface area contributed by atoms with Crippen LogP contribution in [-0.2, 0) is 12.6 Å². The first-order chi connectivity index (χ1) is 13.1. The Morgan fingerprint density at radius 2 is 1.68 bits per heavy atom. The fourth-order valence-electron chi connectivity index (χ4n) is 2.40. The van der Waals surface area contributed by atoms with Gasteiger partial charge < -0.3 is 21.1 Å². The maximum absolute atomic E-state index is 13.3. The van der Waals surface area contributed by atoms with Crippen LogP contribution in [-0.4, -0.2) is 37.4 Å². The molecule has 9 heteroatoms. The van der Waals surface area contributed by atoms with Gasteiger partial charge in [0.05, 0.1) is 11.1 Å². The van der Waals surface area contributed by atoms with Crippen molar-refractivity contribution < 1.29 is 22.7 Å². The molecule has 0 aliphatic rings. The zero-order chi connectivity index (χ0) is 20.9. The number of ether oxygens (including phenoxy) is 1. The second kappa shape index (κ2) is 8.75. The minimum atomic E-state index is -4.78. The van der Waals surface area contributed by atoms with E-state index in [2.05, 4.69) is 4.99 Å². The number of aliphatic imine (C=N–C) groups is 1. The fourth-order valence-corrected chi connectivity index (χ4v) is 2.40. The second-order valence-electron chi connectivity index (χ2n) is 6.35. The molecule has 0 atom stereocenters. The molecule has 0 unspecified atom stereocenters. The van der Waals surface area contributed by atoms with Crippen LogP contribution in [0.2, 0.25) is 0 Å². The lowest BCUT2D eigenvalue weighted by molar-refractivity contribution is -0.138. The van der Waals surface area contributed by atoms with E-state index in [1.54, 1.807) is 12.1 Å². The summed E-state index contributed by atoms with van der Waals surface area (Å²) >= 11 is 0. The average Bonchev–Trinajstić information content (AvgIpc) is 2.59. The molecule has 28 heavy (non-hydrogen) atoms. The average molecular weight is 394 g/mol. The van der Waals surface area contributed by atoms with Gasteiger partial charge in [0.1, 0.15) is 11.5 Å². The number of amides is 1. The monoisotopic (exact) mass is 394 g/mol. The SMILES string of the molecule is CN(C)CCc1ccc(Oc2ccc(C(=O)N=C(N)N)c(C(F)(F)F)c2)cc1. The van der Waals surface area contributed by atoms with Crippen molar-refractivity contribution in [2.24, 2.45) is 16.5 Å². The second-order valence-corrected chi connectivity index (χ2v) is 6.35. The largest absolute Gasteiger partial charge is 0.457 e. The Balaban J connectivity index is 2.25. The summed E-state index contributed by atoms with van der Waals surface area (Å²) in [7, 11) is 3.94. The number of guanidine groups is 1. The van der Waals surface area contributed by atoms with E-state index in [0.29, 0.717) is 5.75 Å². The summed E-state index contributed by atoms with van der Waals surface area (Å²) in [4.78, 5) is 17.1. The van der Waals surface area contributed by atoms with Gasteiger partial charge in [-0.3, -0.25) is 4.79 Å². The summed E-state index contributed by atoms with van der Waals surface area (Å²) < 4.78 is 45.5. The van der Waals surface area contributed by atoms with Crippen LogP contribution in [0.4, 0.5) is 13.2 Å². The molecule has 4 N–H and O–H groups in total. The minimum absolute atomic E-state index is 0.0605. The van der Waals surface area contributed by atoms with Crippen LogP contribution in [0, 0.1) is 0 Å². The van der Waals surface area contributed by atoms with Gasteiger partial charge in [-0.2, -0.15) is 18.2 Å². The molecule has 0 aromatic heterocycles. The van der Waals surface area contributed by atoms with Crippen LogP contribution in [0.15, 0.2) is 47.5 Å². The highest BCUT2D eigenvalue weighted by atomic mass is 19.4. The normalized spacial score (nSPS) is 11.4. The maximum atomic E-state index is 13.3. The van der Waals surface area contributed by atoms with Gasteiger partial charge in [0.15, 0.2) is 5.96 Å². The highest BCUT2D eigenvalue weighted by Gasteiger charge is 2.35. The third-order valence-electron chi connectivity index (χ3n) is 3.76. The molecular weight excluding hydrogens is 373 g/mol. The number of nitrogens with two attached hydrogens (primary N) is 2. The van der Waals surface area contributed by atoms with Gasteiger partial charge in [-0.25, -0.2) is 0 Å². The highest BCUT2D eigenvalue weighted by Crippen LogP contribution is 2.36. The number of carbonyl (C=O) groups excluding carboxylic acids is 1. The summed E-state index contributed by atoms with van der Waals surface area (Å²) in [6.45, 7) is 0.875. The molecule has 0 fully saturated rings. The Bertz CT molecular complexity index is 858. The fraction of sp³-hybridized carbons (Fsp3) is 0.263. The molecular formula is C19H21F3N4O2. The van der Waals surface area contributed by atoms with Crippen LogP contribution in [0.5, 0.6) is 11.5 Å². The summed E-state index contributed by atoms with van der Waals surface area (Å²) in [5.74, 6) is -1.48. The highest BCUT2D eigenvalue weighted by molar-refractivity contribution is 6.03. The third kappa shape index (κ3) is 5.98. The molecule has 0 aliphatic heterocycles. The van der Waals surface area contributed by atoms with Gasteiger partial charge >= 0.3 is 6.18 Å². The first-order valence-corrected chi connectivity index (χ1v) is 8.33. The first kappa shape index (κ1) is 21.2. The van der Waals surface area contributed by atoms with Crippen LogP contribution in [0.25, 0.3) is 0 Å². The summed E-state index contributed by atoms with van der Waals surface area (Å²) in [5, 5.41) is 0. The lowest BCUT2D eigenvalue weighted by Crippen LogP contribution is -2.25. The summed E-state index contributed by atoms with van der Waals surface area (Å²) in [6, 6.07) is 10.0.